The van der Waals surface area contributed by atoms with Crippen molar-refractivity contribution < 1.29 is 0 Å². The molecule has 1 aromatic heterocycles. The number of unbranched alkanes of at least 4 members (excludes halogenated alkanes) is 4. The van der Waals surface area contributed by atoms with Gasteiger partial charge in [-0.05, 0) is 32.4 Å². The predicted octanol–water partition coefficient (Wildman–Crippen LogP) is 4.31. The maximum atomic E-state index is 4.51. The molecule has 0 aromatic carbocycles. The summed E-state index contributed by atoms with van der Waals surface area (Å²) in [6.07, 6.45) is 8.55. The number of aromatic nitrogens is 1. The molecule has 1 aromatic rings. The minimum absolute atomic E-state index is 1.01. The van der Waals surface area contributed by atoms with Crippen LogP contribution in [0.5, 0.6) is 0 Å². The van der Waals surface area contributed by atoms with Crippen molar-refractivity contribution in [3.63, 3.8) is 0 Å². The molecule has 0 saturated heterocycles. The summed E-state index contributed by atoms with van der Waals surface area (Å²) in [5.41, 5.74) is 1.13. The van der Waals surface area contributed by atoms with E-state index in [0.29, 0.717) is 0 Å². The van der Waals surface area contributed by atoms with E-state index in [2.05, 4.69) is 48.1 Å². The first-order valence-corrected chi connectivity index (χ1v) is 7.76. The van der Waals surface area contributed by atoms with Gasteiger partial charge in [0.05, 0.1) is 11.9 Å². The average molecular weight is 263 g/mol. The topological polar surface area (TPSA) is 28.2 Å². The van der Waals surface area contributed by atoms with E-state index in [-0.39, 0.29) is 0 Å². The summed E-state index contributed by atoms with van der Waals surface area (Å²) in [6.45, 7) is 9.64. The standard InChI is InChI=1S/C16H29N3/c1-4-7-8-9-10-13-17-15-11-12-16(18-14-15)19(5-2)6-3/h11-12,14,17H,4-10,13H2,1-3H3. The molecule has 0 saturated carbocycles. The fraction of sp³-hybridized carbons (Fsp3) is 0.688. The molecule has 0 atom stereocenters. The van der Waals surface area contributed by atoms with Gasteiger partial charge in [0.1, 0.15) is 5.82 Å². The first-order chi connectivity index (χ1) is 9.31. The number of hydrogen-bond acceptors (Lipinski definition) is 3. The maximum absolute atomic E-state index is 4.51. The molecule has 0 fully saturated rings. The SMILES string of the molecule is CCCCCCCNc1ccc(N(CC)CC)nc1. The van der Waals surface area contributed by atoms with E-state index < -0.39 is 0 Å². The van der Waals surface area contributed by atoms with Crippen molar-refractivity contribution in [2.24, 2.45) is 0 Å². The summed E-state index contributed by atoms with van der Waals surface area (Å²) in [5.74, 6) is 1.07. The van der Waals surface area contributed by atoms with Crippen LogP contribution in [0.2, 0.25) is 0 Å². The van der Waals surface area contributed by atoms with Crippen molar-refractivity contribution in [1.29, 1.82) is 0 Å². The largest absolute Gasteiger partial charge is 0.384 e. The number of pyridine rings is 1. The van der Waals surface area contributed by atoms with Crippen LogP contribution in [0.25, 0.3) is 0 Å². The van der Waals surface area contributed by atoms with E-state index in [1.165, 1.54) is 32.1 Å². The molecule has 108 valence electrons. The molecule has 0 aliphatic heterocycles. The van der Waals surface area contributed by atoms with Crippen molar-refractivity contribution in [3.8, 4) is 0 Å². The lowest BCUT2D eigenvalue weighted by molar-refractivity contribution is 0.645. The zero-order valence-electron chi connectivity index (χ0n) is 12.8. The first-order valence-electron chi connectivity index (χ1n) is 7.76. The van der Waals surface area contributed by atoms with Crippen LogP contribution in [0.3, 0.4) is 0 Å². The summed E-state index contributed by atoms with van der Waals surface area (Å²) in [7, 11) is 0. The predicted molar refractivity (Wildman–Crippen MR) is 85.0 cm³/mol. The highest BCUT2D eigenvalue weighted by Crippen LogP contribution is 2.14. The number of anilines is 2. The van der Waals surface area contributed by atoms with Gasteiger partial charge in [-0.2, -0.15) is 0 Å². The summed E-state index contributed by atoms with van der Waals surface area (Å²) in [5, 5.41) is 3.44. The second-order valence-corrected chi connectivity index (χ2v) is 4.92. The second-order valence-electron chi connectivity index (χ2n) is 4.92. The Morgan fingerprint density at radius 3 is 2.32 bits per heavy atom. The molecule has 0 radical (unpaired) electrons. The lowest BCUT2D eigenvalue weighted by Gasteiger charge is -2.19. The molecule has 3 heteroatoms. The van der Waals surface area contributed by atoms with Crippen molar-refractivity contribution in [3.05, 3.63) is 18.3 Å². The summed E-state index contributed by atoms with van der Waals surface area (Å²) in [6, 6.07) is 4.24. The van der Waals surface area contributed by atoms with Crippen LogP contribution in [-0.4, -0.2) is 24.6 Å². The average Bonchev–Trinajstić information content (AvgIpc) is 2.45. The van der Waals surface area contributed by atoms with E-state index in [0.717, 1.165) is 31.1 Å². The fourth-order valence-corrected chi connectivity index (χ4v) is 2.19. The smallest absolute Gasteiger partial charge is 0.128 e. The number of rotatable bonds is 10. The van der Waals surface area contributed by atoms with E-state index in [1.54, 1.807) is 0 Å². The molecule has 3 nitrogen and oxygen atoms in total. The first kappa shape index (κ1) is 15.8. The van der Waals surface area contributed by atoms with Gasteiger partial charge in [0, 0.05) is 19.6 Å². The Kier molecular flexibility index (Phi) is 8.03. The van der Waals surface area contributed by atoms with Crippen LogP contribution >= 0.6 is 0 Å². The van der Waals surface area contributed by atoms with Crippen LogP contribution in [0.15, 0.2) is 18.3 Å². The zero-order chi connectivity index (χ0) is 13.9. The molecule has 0 amide bonds. The summed E-state index contributed by atoms with van der Waals surface area (Å²) in [4.78, 5) is 6.77. The lowest BCUT2D eigenvalue weighted by atomic mass is 10.1. The minimum atomic E-state index is 1.01. The number of hydrogen-bond donors (Lipinski definition) is 1. The fourth-order valence-electron chi connectivity index (χ4n) is 2.19. The van der Waals surface area contributed by atoms with E-state index >= 15 is 0 Å². The van der Waals surface area contributed by atoms with Gasteiger partial charge >= 0.3 is 0 Å². The van der Waals surface area contributed by atoms with Gasteiger partial charge in [0.25, 0.3) is 0 Å². The lowest BCUT2D eigenvalue weighted by Crippen LogP contribution is -2.22. The van der Waals surface area contributed by atoms with Gasteiger partial charge in [-0.3, -0.25) is 0 Å². The molecular formula is C16H29N3. The van der Waals surface area contributed by atoms with Crippen LogP contribution in [0.4, 0.5) is 11.5 Å². The van der Waals surface area contributed by atoms with Crippen molar-refractivity contribution >= 4 is 11.5 Å². The van der Waals surface area contributed by atoms with Crippen LogP contribution in [0, 0.1) is 0 Å². The van der Waals surface area contributed by atoms with Gasteiger partial charge in [-0.1, -0.05) is 32.6 Å². The molecule has 0 aliphatic rings. The van der Waals surface area contributed by atoms with Gasteiger partial charge < -0.3 is 10.2 Å². The Balaban J connectivity index is 2.28. The number of nitrogens with zero attached hydrogens (tertiary/aromatic N) is 2. The normalized spacial score (nSPS) is 10.5. The molecule has 1 N–H and O–H groups in total. The summed E-state index contributed by atoms with van der Waals surface area (Å²) >= 11 is 0. The van der Waals surface area contributed by atoms with E-state index in [9.17, 15) is 0 Å². The molecule has 1 heterocycles. The minimum Gasteiger partial charge on any atom is -0.384 e. The molecule has 0 unspecified atom stereocenters. The van der Waals surface area contributed by atoms with Crippen LogP contribution in [-0.2, 0) is 0 Å². The summed E-state index contributed by atoms with van der Waals surface area (Å²) < 4.78 is 0. The van der Waals surface area contributed by atoms with E-state index in [1.807, 2.05) is 6.20 Å². The Bertz CT molecular complexity index is 317. The zero-order valence-corrected chi connectivity index (χ0v) is 12.8. The molecule has 19 heavy (non-hydrogen) atoms. The third-order valence-corrected chi connectivity index (χ3v) is 3.44. The Labute approximate surface area is 118 Å². The molecule has 0 spiro atoms. The van der Waals surface area contributed by atoms with Crippen molar-refractivity contribution in [2.45, 2.75) is 52.9 Å². The van der Waals surface area contributed by atoms with E-state index in [4.69, 9.17) is 0 Å². The van der Waals surface area contributed by atoms with Gasteiger partial charge in [-0.25, -0.2) is 4.98 Å². The third kappa shape index (κ3) is 5.95. The van der Waals surface area contributed by atoms with Crippen molar-refractivity contribution in [2.75, 3.05) is 29.9 Å². The molecule has 1 rings (SSSR count). The molecular weight excluding hydrogens is 234 g/mol. The Hall–Kier alpha value is -1.25. The third-order valence-electron chi connectivity index (χ3n) is 3.44. The van der Waals surface area contributed by atoms with Crippen molar-refractivity contribution in [1.82, 2.24) is 4.98 Å². The quantitative estimate of drug-likeness (QED) is 0.638. The highest BCUT2D eigenvalue weighted by atomic mass is 15.2. The highest BCUT2D eigenvalue weighted by Gasteiger charge is 2.02. The number of nitrogens with one attached hydrogen (secondary N) is 1. The van der Waals surface area contributed by atoms with Gasteiger partial charge in [0.2, 0.25) is 0 Å². The monoisotopic (exact) mass is 263 g/mol. The maximum Gasteiger partial charge on any atom is 0.128 e. The molecule has 0 bridgehead atoms. The second kappa shape index (κ2) is 9.65. The van der Waals surface area contributed by atoms with Crippen LogP contribution in [0.1, 0.15) is 52.9 Å². The Morgan fingerprint density at radius 2 is 1.74 bits per heavy atom. The van der Waals surface area contributed by atoms with Crippen LogP contribution < -0.4 is 10.2 Å². The molecule has 0 aliphatic carbocycles. The Morgan fingerprint density at radius 1 is 1.00 bits per heavy atom. The highest BCUT2D eigenvalue weighted by molar-refractivity contribution is 5.48. The van der Waals surface area contributed by atoms with Gasteiger partial charge in [0.15, 0.2) is 0 Å². The van der Waals surface area contributed by atoms with Gasteiger partial charge in [-0.15, -0.1) is 0 Å².